The van der Waals surface area contributed by atoms with Crippen LogP contribution in [0, 0.1) is 0 Å². The zero-order chi connectivity index (χ0) is 15.8. The lowest BCUT2D eigenvalue weighted by molar-refractivity contribution is -0.118. The second-order valence-corrected chi connectivity index (χ2v) is 4.59. The van der Waals surface area contributed by atoms with Gasteiger partial charge in [0.25, 0.3) is 11.8 Å². The molecule has 5 nitrogen and oxygen atoms in total. The fourth-order valence-electron chi connectivity index (χ4n) is 1.83. The number of para-hydroxylation sites is 1. The Bertz CT molecular complexity index is 624. The lowest BCUT2D eigenvalue weighted by Crippen LogP contribution is -2.23. The van der Waals surface area contributed by atoms with Crippen molar-refractivity contribution in [1.29, 1.82) is 0 Å². The zero-order valence-electron chi connectivity index (χ0n) is 12.3. The number of carbonyl (C=O) groups excluding carboxylic acids is 2. The first-order valence-corrected chi connectivity index (χ1v) is 7.05. The van der Waals surface area contributed by atoms with Crippen LogP contribution in [-0.4, -0.2) is 25.0 Å². The van der Waals surface area contributed by atoms with E-state index in [9.17, 15) is 9.59 Å². The Morgan fingerprint density at radius 2 is 1.68 bits per heavy atom. The normalized spacial score (nSPS) is 9.86. The van der Waals surface area contributed by atoms with Crippen molar-refractivity contribution in [1.82, 2.24) is 5.32 Å². The maximum atomic E-state index is 11.8. The summed E-state index contributed by atoms with van der Waals surface area (Å²) in [6, 6.07) is 15.8. The van der Waals surface area contributed by atoms with Crippen molar-refractivity contribution in [2.24, 2.45) is 0 Å². The van der Waals surface area contributed by atoms with E-state index in [1.54, 1.807) is 36.4 Å². The van der Waals surface area contributed by atoms with Crippen molar-refractivity contribution >= 4 is 17.5 Å². The van der Waals surface area contributed by atoms with Crippen LogP contribution in [0.1, 0.15) is 17.3 Å². The highest BCUT2D eigenvalue weighted by Crippen LogP contribution is 2.11. The van der Waals surface area contributed by atoms with Crippen LogP contribution < -0.4 is 15.4 Å². The van der Waals surface area contributed by atoms with Crippen LogP contribution in [-0.2, 0) is 4.79 Å². The van der Waals surface area contributed by atoms with Crippen molar-refractivity contribution in [3.8, 4) is 5.75 Å². The molecular formula is C17H18N2O3. The summed E-state index contributed by atoms with van der Waals surface area (Å²) in [7, 11) is 0. The molecule has 0 aliphatic rings. The summed E-state index contributed by atoms with van der Waals surface area (Å²) >= 11 is 0. The molecule has 0 saturated carbocycles. The standard InChI is InChI=1S/C17H18N2O3/c1-2-18-17(21)13-8-10-14(11-9-13)19-16(20)12-22-15-6-4-3-5-7-15/h3-11H,2,12H2,1H3,(H,18,21)(H,19,20). The minimum atomic E-state index is -0.255. The minimum Gasteiger partial charge on any atom is -0.484 e. The second-order valence-electron chi connectivity index (χ2n) is 4.59. The molecule has 2 N–H and O–H groups in total. The molecule has 2 aromatic carbocycles. The Kier molecular flexibility index (Phi) is 5.54. The Morgan fingerprint density at radius 3 is 2.32 bits per heavy atom. The highest BCUT2D eigenvalue weighted by atomic mass is 16.5. The second kappa shape index (κ2) is 7.83. The van der Waals surface area contributed by atoms with Gasteiger partial charge < -0.3 is 15.4 Å². The molecule has 0 saturated heterocycles. The number of ether oxygens (including phenoxy) is 1. The van der Waals surface area contributed by atoms with Crippen LogP contribution in [0.15, 0.2) is 54.6 Å². The molecule has 2 rings (SSSR count). The quantitative estimate of drug-likeness (QED) is 0.861. The van der Waals surface area contributed by atoms with Gasteiger partial charge in [-0.15, -0.1) is 0 Å². The van der Waals surface area contributed by atoms with Gasteiger partial charge in [0.1, 0.15) is 5.75 Å². The number of nitrogens with one attached hydrogen (secondary N) is 2. The van der Waals surface area contributed by atoms with Crippen molar-refractivity contribution in [2.75, 3.05) is 18.5 Å². The summed E-state index contributed by atoms with van der Waals surface area (Å²) in [4.78, 5) is 23.4. The maximum Gasteiger partial charge on any atom is 0.262 e. The number of amides is 2. The molecule has 22 heavy (non-hydrogen) atoms. The highest BCUT2D eigenvalue weighted by molar-refractivity contribution is 5.96. The number of rotatable bonds is 6. The number of anilines is 1. The summed E-state index contributed by atoms with van der Waals surface area (Å²) < 4.78 is 5.36. The van der Waals surface area contributed by atoms with Gasteiger partial charge in [0, 0.05) is 17.8 Å². The van der Waals surface area contributed by atoms with Gasteiger partial charge in [-0.1, -0.05) is 18.2 Å². The predicted molar refractivity (Wildman–Crippen MR) is 85.0 cm³/mol. The van der Waals surface area contributed by atoms with E-state index in [-0.39, 0.29) is 18.4 Å². The summed E-state index contributed by atoms with van der Waals surface area (Å²) in [5, 5.41) is 5.43. The molecule has 114 valence electrons. The Hall–Kier alpha value is -2.82. The number of hydrogen-bond acceptors (Lipinski definition) is 3. The SMILES string of the molecule is CCNC(=O)c1ccc(NC(=O)COc2ccccc2)cc1. The topological polar surface area (TPSA) is 67.4 Å². The Labute approximate surface area is 129 Å². The Morgan fingerprint density at radius 1 is 1.00 bits per heavy atom. The molecule has 0 aliphatic heterocycles. The molecule has 0 radical (unpaired) electrons. The van der Waals surface area contributed by atoms with Gasteiger partial charge in [-0.2, -0.15) is 0 Å². The third-order valence-electron chi connectivity index (χ3n) is 2.88. The first kappa shape index (κ1) is 15.6. The summed E-state index contributed by atoms with van der Waals surface area (Å²) in [5.41, 5.74) is 1.18. The van der Waals surface area contributed by atoms with Crippen LogP contribution in [0.5, 0.6) is 5.75 Å². The zero-order valence-corrected chi connectivity index (χ0v) is 12.3. The fraction of sp³-hybridized carbons (Fsp3) is 0.176. The summed E-state index contributed by atoms with van der Waals surface area (Å²) in [6.45, 7) is 2.37. The van der Waals surface area contributed by atoms with Crippen LogP contribution in [0.4, 0.5) is 5.69 Å². The van der Waals surface area contributed by atoms with Gasteiger partial charge >= 0.3 is 0 Å². The molecule has 0 unspecified atom stereocenters. The van der Waals surface area contributed by atoms with E-state index in [1.807, 2.05) is 25.1 Å². The van der Waals surface area contributed by atoms with Gasteiger partial charge in [-0.25, -0.2) is 0 Å². The third kappa shape index (κ3) is 4.63. The van der Waals surface area contributed by atoms with Crippen molar-refractivity contribution in [3.05, 3.63) is 60.2 Å². The summed E-state index contributed by atoms with van der Waals surface area (Å²) in [5.74, 6) is 0.256. The van der Waals surface area contributed by atoms with Crippen LogP contribution in [0.2, 0.25) is 0 Å². The lowest BCUT2D eigenvalue weighted by Gasteiger charge is -2.08. The van der Waals surface area contributed by atoms with E-state index in [1.165, 1.54) is 0 Å². The van der Waals surface area contributed by atoms with E-state index in [4.69, 9.17) is 4.74 Å². The highest BCUT2D eigenvalue weighted by Gasteiger charge is 2.06. The lowest BCUT2D eigenvalue weighted by atomic mass is 10.2. The van der Waals surface area contributed by atoms with Crippen molar-refractivity contribution in [3.63, 3.8) is 0 Å². The van der Waals surface area contributed by atoms with Crippen molar-refractivity contribution < 1.29 is 14.3 Å². The molecule has 0 fully saturated rings. The summed E-state index contributed by atoms with van der Waals surface area (Å²) in [6.07, 6.45) is 0. The molecule has 0 spiro atoms. The smallest absolute Gasteiger partial charge is 0.262 e. The molecule has 5 heteroatoms. The molecular weight excluding hydrogens is 280 g/mol. The average Bonchev–Trinajstić information content (AvgIpc) is 2.55. The largest absolute Gasteiger partial charge is 0.484 e. The predicted octanol–water partition coefficient (Wildman–Crippen LogP) is 2.45. The minimum absolute atomic E-state index is 0.0674. The van der Waals surface area contributed by atoms with E-state index in [0.29, 0.717) is 23.5 Å². The molecule has 2 aromatic rings. The van der Waals surface area contributed by atoms with Crippen molar-refractivity contribution in [2.45, 2.75) is 6.92 Å². The monoisotopic (exact) mass is 298 g/mol. The van der Waals surface area contributed by atoms with E-state index in [0.717, 1.165) is 0 Å². The number of benzene rings is 2. The molecule has 0 bridgehead atoms. The van der Waals surface area contributed by atoms with Gasteiger partial charge in [-0.3, -0.25) is 9.59 Å². The molecule has 0 aromatic heterocycles. The Balaban J connectivity index is 1.85. The molecule has 0 atom stereocenters. The van der Waals surface area contributed by atoms with Gasteiger partial charge in [-0.05, 0) is 43.3 Å². The van der Waals surface area contributed by atoms with E-state index < -0.39 is 0 Å². The first-order chi connectivity index (χ1) is 10.7. The average molecular weight is 298 g/mol. The van der Waals surface area contributed by atoms with Gasteiger partial charge in [0.05, 0.1) is 0 Å². The number of hydrogen-bond donors (Lipinski definition) is 2. The number of carbonyl (C=O) groups is 2. The van der Waals surface area contributed by atoms with Gasteiger partial charge in [0.15, 0.2) is 6.61 Å². The first-order valence-electron chi connectivity index (χ1n) is 7.05. The van der Waals surface area contributed by atoms with E-state index in [2.05, 4.69) is 10.6 Å². The van der Waals surface area contributed by atoms with E-state index >= 15 is 0 Å². The van der Waals surface area contributed by atoms with Crippen LogP contribution in [0.3, 0.4) is 0 Å². The van der Waals surface area contributed by atoms with Gasteiger partial charge in [0.2, 0.25) is 0 Å². The molecule has 2 amide bonds. The van der Waals surface area contributed by atoms with Crippen LogP contribution >= 0.6 is 0 Å². The third-order valence-corrected chi connectivity index (χ3v) is 2.88. The molecule has 0 aliphatic carbocycles. The maximum absolute atomic E-state index is 11.8. The molecule has 0 heterocycles. The van der Waals surface area contributed by atoms with Crippen LogP contribution in [0.25, 0.3) is 0 Å². The fourth-order valence-corrected chi connectivity index (χ4v) is 1.83.